The Morgan fingerprint density at radius 2 is 2.06 bits per heavy atom. The molecule has 0 radical (unpaired) electrons. The van der Waals surface area contributed by atoms with Crippen LogP contribution in [0.2, 0.25) is 0 Å². The molecule has 1 aliphatic heterocycles. The third kappa shape index (κ3) is 2.70. The van der Waals surface area contributed by atoms with E-state index < -0.39 is 0 Å². The van der Waals surface area contributed by atoms with Gasteiger partial charge < -0.3 is 4.74 Å². The first-order chi connectivity index (χ1) is 8.61. The topological polar surface area (TPSA) is 29.5 Å². The van der Waals surface area contributed by atoms with Crippen LogP contribution >= 0.6 is 0 Å². The second kappa shape index (κ2) is 5.48. The number of likely N-dealkylation sites (tertiary alicyclic amines) is 1. The fraction of sp³-hybridized carbons (Fsp3) is 0.500. The Kier molecular flexibility index (Phi) is 3.97. The molecule has 98 valence electrons. The number of halogens is 1. The van der Waals surface area contributed by atoms with Crippen LogP contribution in [0.25, 0.3) is 0 Å². The number of piperidine rings is 1. The Morgan fingerprint density at radius 1 is 1.39 bits per heavy atom. The summed E-state index contributed by atoms with van der Waals surface area (Å²) in [6.07, 6.45) is 1.71. The van der Waals surface area contributed by atoms with Crippen molar-refractivity contribution in [1.82, 2.24) is 4.90 Å². The lowest BCUT2D eigenvalue weighted by Gasteiger charge is -2.35. The molecule has 1 aromatic rings. The van der Waals surface area contributed by atoms with Crippen molar-refractivity contribution in [1.29, 1.82) is 0 Å². The third-order valence-electron chi connectivity index (χ3n) is 3.68. The maximum atomic E-state index is 12.9. The van der Waals surface area contributed by atoms with Crippen molar-refractivity contribution >= 4 is 5.97 Å². The number of carbonyl (C=O) groups is 1. The maximum absolute atomic E-state index is 12.9. The number of methoxy groups -OCH3 is 1. The summed E-state index contributed by atoms with van der Waals surface area (Å²) in [5.74, 6) is -0.119. The van der Waals surface area contributed by atoms with E-state index in [2.05, 4.69) is 0 Å². The zero-order chi connectivity index (χ0) is 13.1. The molecule has 1 fully saturated rings. The van der Waals surface area contributed by atoms with Crippen molar-refractivity contribution in [3.05, 3.63) is 35.6 Å². The van der Waals surface area contributed by atoms with E-state index in [0.717, 1.165) is 24.9 Å². The molecule has 0 saturated carbocycles. The van der Waals surface area contributed by atoms with Gasteiger partial charge in [0.25, 0.3) is 0 Å². The summed E-state index contributed by atoms with van der Waals surface area (Å²) < 4.78 is 17.7. The van der Waals surface area contributed by atoms with Gasteiger partial charge in [0.2, 0.25) is 0 Å². The molecule has 0 N–H and O–H groups in total. The number of ether oxygens (including phenoxy) is 1. The Balaban J connectivity index is 2.11. The van der Waals surface area contributed by atoms with E-state index in [0.29, 0.717) is 5.92 Å². The van der Waals surface area contributed by atoms with E-state index in [1.54, 1.807) is 12.1 Å². The first-order valence-corrected chi connectivity index (χ1v) is 6.15. The van der Waals surface area contributed by atoms with Crippen molar-refractivity contribution < 1.29 is 13.9 Å². The molecule has 1 heterocycles. The van der Waals surface area contributed by atoms with Gasteiger partial charge in [0.15, 0.2) is 0 Å². The standard InChI is InChI=1S/C14H18FNO2/c1-16-8-7-11(9-13(16)14(17)18-2)10-3-5-12(15)6-4-10/h3-6,11,13H,7-9H2,1-2H3. The Morgan fingerprint density at radius 3 is 2.67 bits per heavy atom. The zero-order valence-corrected chi connectivity index (χ0v) is 10.7. The van der Waals surface area contributed by atoms with Crippen LogP contribution in [0.1, 0.15) is 24.3 Å². The molecular weight excluding hydrogens is 233 g/mol. The number of nitrogens with zero attached hydrogens (tertiary/aromatic N) is 1. The Bertz CT molecular complexity index is 418. The van der Waals surface area contributed by atoms with Crippen molar-refractivity contribution in [2.45, 2.75) is 24.8 Å². The number of hydrogen-bond donors (Lipinski definition) is 0. The number of hydrogen-bond acceptors (Lipinski definition) is 3. The van der Waals surface area contributed by atoms with Gasteiger partial charge in [-0.05, 0) is 50.0 Å². The SMILES string of the molecule is COC(=O)C1CC(c2ccc(F)cc2)CCN1C. The largest absolute Gasteiger partial charge is 0.468 e. The predicted octanol–water partition coefficient (Wildman–Crippen LogP) is 2.18. The van der Waals surface area contributed by atoms with Gasteiger partial charge >= 0.3 is 5.97 Å². The van der Waals surface area contributed by atoms with E-state index in [1.807, 2.05) is 11.9 Å². The fourth-order valence-electron chi connectivity index (χ4n) is 2.53. The lowest BCUT2D eigenvalue weighted by atomic mass is 9.85. The highest BCUT2D eigenvalue weighted by Gasteiger charge is 2.32. The van der Waals surface area contributed by atoms with Crippen LogP contribution in [0, 0.1) is 5.82 Å². The zero-order valence-electron chi connectivity index (χ0n) is 10.7. The Labute approximate surface area is 107 Å². The molecule has 0 spiro atoms. The molecule has 1 aliphatic rings. The van der Waals surface area contributed by atoms with Crippen molar-refractivity contribution in [2.75, 3.05) is 20.7 Å². The van der Waals surface area contributed by atoms with Crippen LogP contribution < -0.4 is 0 Å². The summed E-state index contributed by atoms with van der Waals surface area (Å²) in [5.41, 5.74) is 1.10. The van der Waals surface area contributed by atoms with Crippen molar-refractivity contribution in [3.8, 4) is 0 Å². The predicted molar refractivity (Wildman–Crippen MR) is 66.8 cm³/mol. The van der Waals surface area contributed by atoms with E-state index >= 15 is 0 Å². The first-order valence-electron chi connectivity index (χ1n) is 6.15. The van der Waals surface area contributed by atoms with Gasteiger partial charge in [0.1, 0.15) is 11.9 Å². The molecular formula is C14H18FNO2. The lowest BCUT2D eigenvalue weighted by Crippen LogP contribution is -2.44. The van der Waals surface area contributed by atoms with E-state index in [-0.39, 0.29) is 17.8 Å². The van der Waals surface area contributed by atoms with Gasteiger partial charge in [0, 0.05) is 0 Å². The van der Waals surface area contributed by atoms with Crippen LogP contribution in [0.4, 0.5) is 4.39 Å². The van der Waals surface area contributed by atoms with Crippen LogP contribution in [0.5, 0.6) is 0 Å². The van der Waals surface area contributed by atoms with Gasteiger partial charge in [-0.3, -0.25) is 9.69 Å². The molecule has 0 aliphatic carbocycles. The summed E-state index contributed by atoms with van der Waals surface area (Å²) in [5, 5.41) is 0. The molecule has 2 unspecified atom stereocenters. The number of likely N-dealkylation sites (N-methyl/N-ethyl adjacent to an activating group) is 1. The quantitative estimate of drug-likeness (QED) is 0.754. The second-order valence-electron chi connectivity index (χ2n) is 4.79. The molecule has 4 heteroatoms. The molecule has 2 rings (SSSR count). The van der Waals surface area contributed by atoms with Crippen LogP contribution in [-0.4, -0.2) is 37.6 Å². The lowest BCUT2D eigenvalue weighted by molar-refractivity contribution is -0.147. The van der Waals surface area contributed by atoms with Crippen molar-refractivity contribution in [2.24, 2.45) is 0 Å². The Hall–Kier alpha value is -1.42. The molecule has 0 amide bonds. The van der Waals surface area contributed by atoms with Gasteiger partial charge in [-0.1, -0.05) is 12.1 Å². The summed E-state index contributed by atoms with van der Waals surface area (Å²) in [4.78, 5) is 13.7. The van der Waals surface area contributed by atoms with Crippen LogP contribution in [0.3, 0.4) is 0 Å². The summed E-state index contributed by atoms with van der Waals surface area (Å²) in [7, 11) is 3.35. The van der Waals surface area contributed by atoms with E-state index in [9.17, 15) is 9.18 Å². The highest BCUT2D eigenvalue weighted by molar-refractivity contribution is 5.75. The van der Waals surface area contributed by atoms with Gasteiger partial charge in [-0.2, -0.15) is 0 Å². The molecule has 1 aromatic carbocycles. The molecule has 3 nitrogen and oxygen atoms in total. The summed E-state index contributed by atoms with van der Waals surface area (Å²) in [6, 6.07) is 6.36. The summed E-state index contributed by atoms with van der Waals surface area (Å²) in [6.45, 7) is 0.849. The number of carbonyl (C=O) groups excluding carboxylic acids is 1. The third-order valence-corrected chi connectivity index (χ3v) is 3.68. The van der Waals surface area contributed by atoms with Crippen LogP contribution in [-0.2, 0) is 9.53 Å². The normalized spacial score (nSPS) is 24.8. The molecule has 18 heavy (non-hydrogen) atoms. The highest BCUT2D eigenvalue weighted by atomic mass is 19.1. The number of rotatable bonds is 2. The molecule has 1 saturated heterocycles. The van der Waals surface area contributed by atoms with Crippen molar-refractivity contribution in [3.63, 3.8) is 0 Å². The van der Waals surface area contributed by atoms with E-state index in [1.165, 1.54) is 19.2 Å². The average molecular weight is 251 g/mol. The molecule has 0 bridgehead atoms. The fourth-order valence-corrected chi connectivity index (χ4v) is 2.53. The van der Waals surface area contributed by atoms with Gasteiger partial charge in [-0.25, -0.2) is 4.39 Å². The first kappa shape index (κ1) is 13.0. The maximum Gasteiger partial charge on any atom is 0.323 e. The molecule has 0 aromatic heterocycles. The number of benzene rings is 1. The monoisotopic (exact) mass is 251 g/mol. The van der Waals surface area contributed by atoms with Gasteiger partial charge in [0.05, 0.1) is 7.11 Å². The van der Waals surface area contributed by atoms with Gasteiger partial charge in [-0.15, -0.1) is 0 Å². The minimum atomic E-state index is -0.226. The summed E-state index contributed by atoms with van der Waals surface area (Å²) >= 11 is 0. The second-order valence-corrected chi connectivity index (χ2v) is 4.79. The average Bonchev–Trinajstić information content (AvgIpc) is 2.39. The smallest absolute Gasteiger partial charge is 0.323 e. The minimum Gasteiger partial charge on any atom is -0.468 e. The highest BCUT2D eigenvalue weighted by Crippen LogP contribution is 2.31. The van der Waals surface area contributed by atoms with Crippen LogP contribution in [0.15, 0.2) is 24.3 Å². The number of esters is 1. The van der Waals surface area contributed by atoms with E-state index in [4.69, 9.17) is 4.74 Å². The molecule has 2 atom stereocenters. The minimum absolute atomic E-state index is 0.190.